The zero-order chi connectivity index (χ0) is 18.0. The van der Waals surface area contributed by atoms with E-state index in [1.807, 2.05) is 4.90 Å². The van der Waals surface area contributed by atoms with Gasteiger partial charge in [-0.3, -0.25) is 0 Å². The molecular weight excluding hydrogens is 357 g/mol. The number of nitrogens with two attached hydrogens (primary N) is 1. The van der Waals surface area contributed by atoms with E-state index in [0.29, 0.717) is 23.0 Å². The predicted octanol–water partition coefficient (Wildman–Crippen LogP) is 4.48. The third-order valence-corrected chi connectivity index (χ3v) is 4.13. The highest BCUT2D eigenvalue weighted by Crippen LogP contribution is 2.31. The van der Waals surface area contributed by atoms with Gasteiger partial charge in [0.1, 0.15) is 17.6 Å². The molecule has 134 valence electrons. The maximum Gasteiger partial charge on any atom is 0.573 e. The average molecular weight is 373 g/mol. The van der Waals surface area contributed by atoms with Gasteiger partial charge in [0.15, 0.2) is 0 Å². The summed E-state index contributed by atoms with van der Waals surface area (Å²) in [6.07, 6.45) is -3.97. The summed E-state index contributed by atoms with van der Waals surface area (Å²) in [5.41, 5.74) is 7.03. The molecule has 25 heavy (non-hydrogen) atoms. The molecule has 4 nitrogen and oxygen atoms in total. The summed E-state index contributed by atoms with van der Waals surface area (Å²) < 4.78 is 46.3. The van der Waals surface area contributed by atoms with E-state index in [1.54, 1.807) is 30.3 Å². The van der Waals surface area contributed by atoms with Gasteiger partial charge in [0, 0.05) is 24.3 Å². The van der Waals surface area contributed by atoms with Gasteiger partial charge in [-0.2, -0.15) is 0 Å². The predicted molar refractivity (Wildman–Crippen MR) is 90.2 cm³/mol. The number of rotatable bonds is 4. The van der Waals surface area contributed by atoms with Crippen molar-refractivity contribution < 1.29 is 22.6 Å². The minimum absolute atomic E-state index is 0.0628. The summed E-state index contributed by atoms with van der Waals surface area (Å²) in [6.45, 7) is 1.34. The smallest absolute Gasteiger partial charge is 0.487 e. The number of hydrogen-bond acceptors (Lipinski definition) is 4. The highest BCUT2D eigenvalue weighted by atomic mass is 35.5. The first-order valence-corrected chi connectivity index (χ1v) is 8.00. The van der Waals surface area contributed by atoms with Crippen LogP contribution in [-0.4, -0.2) is 25.6 Å². The normalized spacial score (nSPS) is 17.6. The number of ether oxygens (including phenoxy) is 2. The molecule has 0 radical (unpaired) electrons. The minimum atomic E-state index is -4.69. The van der Waals surface area contributed by atoms with Gasteiger partial charge in [-0.05, 0) is 42.5 Å². The highest BCUT2D eigenvalue weighted by molar-refractivity contribution is 6.32. The number of nitrogens with zero attached hydrogens (tertiary/aromatic N) is 1. The number of hydrogen-bond donors (Lipinski definition) is 1. The Morgan fingerprint density at radius 2 is 1.84 bits per heavy atom. The van der Waals surface area contributed by atoms with E-state index in [1.165, 1.54) is 12.1 Å². The van der Waals surface area contributed by atoms with Gasteiger partial charge in [-0.15, -0.1) is 13.2 Å². The molecule has 1 heterocycles. The molecule has 2 aromatic carbocycles. The van der Waals surface area contributed by atoms with Crippen LogP contribution in [0.25, 0.3) is 0 Å². The molecule has 1 saturated heterocycles. The van der Waals surface area contributed by atoms with Crippen molar-refractivity contribution in [3.63, 3.8) is 0 Å². The van der Waals surface area contributed by atoms with Gasteiger partial charge in [-0.1, -0.05) is 11.6 Å². The highest BCUT2D eigenvalue weighted by Gasteiger charge is 2.31. The first kappa shape index (κ1) is 17.5. The standard InChI is InChI=1S/C17H16ClF3N2O2/c18-15-9-11(22)1-6-16(15)24-14-7-8-23(10-14)12-2-4-13(5-3-12)25-17(19,20)21/h1-6,9,14H,7-8,10,22H2/t14-/m0/s1. The van der Waals surface area contributed by atoms with Gasteiger partial charge < -0.3 is 20.1 Å². The van der Waals surface area contributed by atoms with Crippen molar-refractivity contribution >= 4 is 23.0 Å². The van der Waals surface area contributed by atoms with Crippen molar-refractivity contribution in [1.82, 2.24) is 0 Å². The van der Waals surface area contributed by atoms with Gasteiger partial charge in [-0.25, -0.2) is 0 Å². The van der Waals surface area contributed by atoms with Crippen LogP contribution < -0.4 is 20.1 Å². The molecule has 0 unspecified atom stereocenters. The SMILES string of the molecule is Nc1ccc(O[C@H]2CCN(c3ccc(OC(F)(F)F)cc3)C2)c(Cl)c1. The third-order valence-electron chi connectivity index (χ3n) is 3.83. The van der Waals surface area contributed by atoms with Crippen molar-refractivity contribution in [1.29, 1.82) is 0 Å². The number of alkyl halides is 3. The van der Waals surface area contributed by atoms with Gasteiger partial charge >= 0.3 is 6.36 Å². The Morgan fingerprint density at radius 3 is 2.48 bits per heavy atom. The van der Waals surface area contributed by atoms with Crippen molar-refractivity contribution in [2.75, 3.05) is 23.7 Å². The van der Waals surface area contributed by atoms with Crippen LogP contribution in [0, 0.1) is 0 Å². The van der Waals surface area contributed by atoms with E-state index in [2.05, 4.69) is 4.74 Å². The molecule has 0 saturated carbocycles. The molecule has 1 atom stereocenters. The Labute approximate surface area is 147 Å². The molecule has 2 aromatic rings. The maximum atomic E-state index is 12.2. The Balaban J connectivity index is 1.60. The summed E-state index contributed by atoms with van der Waals surface area (Å²) in [6, 6.07) is 10.9. The Hall–Kier alpha value is -2.28. The quantitative estimate of drug-likeness (QED) is 0.804. The number of anilines is 2. The molecule has 0 aliphatic carbocycles. The lowest BCUT2D eigenvalue weighted by molar-refractivity contribution is -0.274. The molecule has 0 bridgehead atoms. The van der Waals surface area contributed by atoms with E-state index in [4.69, 9.17) is 22.1 Å². The third kappa shape index (κ3) is 4.63. The summed E-state index contributed by atoms with van der Waals surface area (Å²) in [5, 5.41) is 0.451. The van der Waals surface area contributed by atoms with Crippen LogP contribution in [0.5, 0.6) is 11.5 Å². The van der Waals surface area contributed by atoms with Crippen LogP contribution in [0.2, 0.25) is 5.02 Å². The zero-order valence-electron chi connectivity index (χ0n) is 13.1. The summed E-state index contributed by atoms with van der Waals surface area (Å²) in [5.74, 6) is 0.327. The molecule has 0 aromatic heterocycles. The first-order valence-electron chi connectivity index (χ1n) is 7.62. The van der Waals surface area contributed by atoms with Crippen molar-refractivity contribution in [2.45, 2.75) is 18.9 Å². The van der Waals surface area contributed by atoms with E-state index in [0.717, 1.165) is 18.7 Å². The second-order valence-electron chi connectivity index (χ2n) is 5.71. The largest absolute Gasteiger partial charge is 0.573 e. The monoisotopic (exact) mass is 372 g/mol. The number of nitrogen functional groups attached to an aromatic ring is 1. The average Bonchev–Trinajstić information content (AvgIpc) is 2.98. The topological polar surface area (TPSA) is 47.7 Å². The first-order chi connectivity index (χ1) is 11.8. The minimum Gasteiger partial charge on any atom is -0.487 e. The van der Waals surface area contributed by atoms with Gasteiger partial charge in [0.2, 0.25) is 0 Å². The second-order valence-corrected chi connectivity index (χ2v) is 6.11. The van der Waals surface area contributed by atoms with Gasteiger partial charge in [0.25, 0.3) is 0 Å². The molecular formula is C17H16ClF3N2O2. The lowest BCUT2D eigenvalue weighted by Gasteiger charge is -2.20. The summed E-state index contributed by atoms with van der Waals surface area (Å²) >= 11 is 6.11. The van der Waals surface area contributed by atoms with Crippen molar-refractivity contribution in [3.05, 3.63) is 47.5 Å². The molecule has 1 aliphatic rings. The molecule has 3 rings (SSSR count). The molecule has 0 spiro atoms. The lowest BCUT2D eigenvalue weighted by atomic mass is 10.3. The number of benzene rings is 2. The zero-order valence-corrected chi connectivity index (χ0v) is 13.8. The Kier molecular flexibility index (Phi) is 4.85. The fourth-order valence-electron chi connectivity index (χ4n) is 2.71. The van der Waals surface area contributed by atoms with Crippen LogP contribution in [0.1, 0.15) is 6.42 Å². The van der Waals surface area contributed by atoms with Crippen LogP contribution in [-0.2, 0) is 0 Å². The number of halogens is 4. The molecule has 1 fully saturated rings. The van der Waals surface area contributed by atoms with E-state index < -0.39 is 6.36 Å². The van der Waals surface area contributed by atoms with Crippen LogP contribution in [0.15, 0.2) is 42.5 Å². The summed E-state index contributed by atoms with van der Waals surface area (Å²) in [4.78, 5) is 2.03. The van der Waals surface area contributed by atoms with Crippen molar-refractivity contribution in [3.8, 4) is 11.5 Å². The van der Waals surface area contributed by atoms with Crippen LogP contribution in [0.3, 0.4) is 0 Å². The van der Waals surface area contributed by atoms with E-state index in [9.17, 15) is 13.2 Å². The molecule has 8 heteroatoms. The lowest BCUT2D eigenvalue weighted by Crippen LogP contribution is -2.24. The Bertz CT molecular complexity index is 738. The fraction of sp³-hybridized carbons (Fsp3) is 0.294. The van der Waals surface area contributed by atoms with Crippen LogP contribution >= 0.6 is 11.6 Å². The van der Waals surface area contributed by atoms with E-state index in [-0.39, 0.29) is 11.9 Å². The maximum absolute atomic E-state index is 12.2. The molecule has 2 N–H and O–H groups in total. The van der Waals surface area contributed by atoms with E-state index >= 15 is 0 Å². The van der Waals surface area contributed by atoms with Gasteiger partial charge in [0.05, 0.1) is 11.6 Å². The second kappa shape index (κ2) is 6.92. The Morgan fingerprint density at radius 1 is 1.12 bits per heavy atom. The summed E-state index contributed by atoms with van der Waals surface area (Å²) in [7, 11) is 0. The van der Waals surface area contributed by atoms with Crippen LogP contribution in [0.4, 0.5) is 24.5 Å². The fourth-order valence-corrected chi connectivity index (χ4v) is 2.94. The molecule has 0 amide bonds. The molecule has 1 aliphatic heterocycles. The van der Waals surface area contributed by atoms with Crippen molar-refractivity contribution in [2.24, 2.45) is 0 Å².